The molecule has 0 radical (unpaired) electrons. The first-order chi connectivity index (χ1) is 14.9. The van der Waals surface area contributed by atoms with E-state index in [1.807, 2.05) is 37.9 Å². The summed E-state index contributed by atoms with van der Waals surface area (Å²) in [6.07, 6.45) is 6.27. The lowest BCUT2D eigenvalue weighted by atomic mass is 9.83. The van der Waals surface area contributed by atoms with Gasteiger partial charge in [0.25, 0.3) is 5.91 Å². The van der Waals surface area contributed by atoms with E-state index in [1.165, 1.54) is 45.2 Å². The molecule has 4 rings (SSSR count). The van der Waals surface area contributed by atoms with Gasteiger partial charge < -0.3 is 19.0 Å². The maximum atomic E-state index is 12.8. The van der Waals surface area contributed by atoms with Gasteiger partial charge in [-0.2, -0.15) is 0 Å². The van der Waals surface area contributed by atoms with Gasteiger partial charge in [-0.25, -0.2) is 4.79 Å². The lowest BCUT2D eigenvalue weighted by Gasteiger charge is -2.45. The molecule has 0 aliphatic carbocycles. The molecule has 31 heavy (non-hydrogen) atoms. The number of hydrogen-bond donors (Lipinski definition) is 0. The third-order valence-electron chi connectivity index (χ3n) is 7.34. The van der Waals surface area contributed by atoms with E-state index in [4.69, 9.17) is 9.15 Å². The van der Waals surface area contributed by atoms with Gasteiger partial charge in [-0.05, 0) is 83.2 Å². The monoisotopic (exact) mass is 426 g/mol. The minimum Gasteiger partial charge on any atom is -0.483 e. The van der Waals surface area contributed by atoms with Crippen LogP contribution in [0.1, 0.15) is 48.8 Å². The summed E-state index contributed by atoms with van der Waals surface area (Å²) in [6, 6.07) is 4.38. The van der Waals surface area contributed by atoms with Crippen LogP contribution in [0, 0.1) is 26.7 Å². The maximum Gasteiger partial charge on any atom is 0.339 e. The number of carbonyl (C=O) groups excluding carboxylic acids is 1. The van der Waals surface area contributed by atoms with Crippen LogP contribution in [0.5, 0.6) is 5.75 Å². The van der Waals surface area contributed by atoms with Crippen LogP contribution in [-0.4, -0.2) is 55.0 Å². The molecule has 2 fully saturated rings. The highest BCUT2D eigenvalue weighted by atomic mass is 16.5. The number of nitrogens with zero attached hydrogens (tertiary/aromatic N) is 2. The third-order valence-corrected chi connectivity index (χ3v) is 7.34. The van der Waals surface area contributed by atoms with E-state index in [2.05, 4.69) is 4.90 Å². The molecule has 2 atom stereocenters. The fourth-order valence-corrected chi connectivity index (χ4v) is 5.27. The Morgan fingerprint density at radius 3 is 2.68 bits per heavy atom. The van der Waals surface area contributed by atoms with Crippen molar-refractivity contribution in [2.24, 2.45) is 5.92 Å². The molecule has 1 aromatic carbocycles. The van der Waals surface area contributed by atoms with Crippen LogP contribution >= 0.6 is 0 Å². The molecule has 0 spiro atoms. The quantitative estimate of drug-likeness (QED) is 0.680. The molecule has 2 aliphatic heterocycles. The third kappa shape index (κ3) is 4.36. The van der Waals surface area contributed by atoms with Gasteiger partial charge in [0.2, 0.25) is 0 Å². The zero-order valence-electron chi connectivity index (χ0n) is 19.2. The predicted molar refractivity (Wildman–Crippen MR) is 122 cm³/mol. The highest BCUT2D eigenvalue weighted by Gasteiger charge is 2.34. The van der Waals surface area contributed by atoms with E-state index in [0.29, 0.717) is 28.9 Å². The first-order valence-corrected chi connectivity index (χ1v) is 11.5. The number of rotatable bonds is 5. The summed E-state index contributed by atoms with van der Waals surface area (Å²) in [6.45, 7) is 8.74. The minimum absolute atomic E-state index is 0.0149. The van der Waals surface area contributed by atoms with E-state index in [9.17, 15) is 9.59 Å². The van der Waals surface area contributed by atoms with E-state index in [0.717, 1.165) is 23.1 Å². The second kappa shape index (κ2) is 9.03. The van der Waals surface area contributed by atoms with Gasteiger partial charge in [-0.1, -0.05) is 6.42 Å². The average Bonchev–Trinajstić information content (AvgIpc) is 2.77. The number of benzene rings is 1. The SMILES string of the molecule is Cc1c(C)c2ccc(OCC(=O)N(C)C[C@@H]3CCCN4CCCC[C@H]34)c(C)c2oc1=O. The van der Waals surface area contributed by atoms with E-state index >= 15 is 0 Å². The first kappa shape index (κ1) is 21.9. The van der Waals surface area contributed by atoms with Crippen molar-refractivity contribution in [3.8, 4) is 5.75 Å². The van der Waals surface area contributed by atoms with Crippen LogP contribution in [0.15, 0.2) is 21.3 Å². The lowest BCUT2D eigenvalue weighted by molar-refractivity contribution is -0.133. The average molecular weight is 427 g/mol. The highest BCUT2D eigenvalue weighted by molar-refractivity contribution is 5.85. The topological polar surface area (TPSA) is 63.0 Å². The molecule has 0 bridgehead atoms. The molecule has 1 aromatic heterocycles. The Labute approximate surface area is 184 Å². The zero-order chi connectivity index (χ0) is 22.1. The number of aryl methyl sites for hydroxylation is 2. The Morgan fingerprint density at radius 2 is 1.87 bits per heavy atom. The summed E-state index contributed by atoms with van der Waals surface area (Å²) >= 11 is 0. The zero-order valence-corrected chi connectivity index (χ0v) is 19.2. The number of carbonyl (C=O) groups is 1. The van der Waals surface area contributed by atoms with Gasteiger partial charge in [-0.3, -0.25) is 4.79 Å². The molecular weight excluding hydrogens is 392 g/mol. The van der Waals surface area contributed by atoms with Gasteiger partial charge in [-0.15, -0.1) is 0 Å². The molecule has 2 aliphatic rings. The number of ether oxygens (including phenoxy) is 1. The molecule has 2 aromatic rings. The first-order valence-electron chi connectivity index (χ1n) is 11.5. The van der Waals surface area contributed by atoms with Gasteiger partial charge in [0.15, 0.2) is 6.61 Å². The van der Waals surface area contributed by atoms with Gasteiger partial charge in [0, 0.05) is 36.1 Å². The fraction of sp³-hybridized carbons (Fsp3) is 0.600. The Kier molecular flexibility index (Phi) is 6.37. The number of fused-ring (bicyclic) bond motifs is 2. The standard InChI is InChI=1S/C25H34N2O4/c1-16-17(2)25(29)31-24-18(3)22(11-10-20(16)24)30-15-23(28)26(4)14-19-8-7-13-27-12-6-5-9-21(19)27/h10-11,19,21H,5-9,12-15H2,1-4H3/t19-,21+/m0/s1. The van der Waals surface area contributed by atoms with Crippen molar-refractivity contribution in [1.29, 1.82) is 0 Å². The van der Waals surface area contributed by atoms with Crippen LogP contribution in [0.3, 0.4) is 0 Å². The molecule has 0 saturated carbocycles. The number of amides is 1. The summed E-state index contributed by atoms with van der Waals surface area (Å²) in [5, 5.41) is 0.903. The van der Waals surface area contributed by atoms with E-state index in [1.54, 1.807) is 6.92 Å². The number of likely N-dealkylation sites (N-methyl/N-ethyl adjacent to an activating group) is 1. The van der Waals surface area contributed by atoms with Crippen molar-refractivity contribution < 1.29 is 13.9 Å². The summed E-state index contributed by atoms with van der Waals surface area (Å²) in [5.74, 6) is 1.11. The van der Waals surface area contributed by atoms with Crippen LogP contribution < -0.4 is 10.4 Å². The summed E-state index contributed by atoms with van der Waals surface area (Å²) in [5.41, 5.74) is 2.49. The highest BCUT2D eigenvalue weighted by Crippen LogP contribution is 2.32. The van der Waals surface area contributed by atoms with Gasteiger partial charge >= 0.3 is 5.63 Å². The van der Waals surface area contributed by atoms with Crippen molar-refractivity contribution in [1.82, 2.24) is 9.80 Å². The minimum atomic E-state index is -0.328. The van der Waals surface area contributed by atoms with Crippen molar-refractivity contribution in [3.05, 3.63) is 39.2 Å². The predicted octanol–water partition coefficient (Wildman–Crippen LogP) is 3.82. The molecule has 0 N–H and O–H groups in total. The van der Waals surface area contributed by atoms with Crippen molar-refractivity contribution in [3.63, 3.8) is 0 Å². The van der Waals surface area contributed by atoms with E-state index in [-0.39, 0.29) is 18.1 Å². The lowest BCUT2D eigenvalue weighted by Crippen LogP contribution is -2.51. The van der Waals surface area contributed by atoms with E-state index < -0.39 is 0 Å². The molecule has 0 unspecified atom stereocenters. The molecular formula is C25H34N2O4. The van der Waals surface area contributed by atoms with Crippen LogP contribution in [0.4, 0.5) is 0 Å². The maximum absolute atomic E-state index is 12.8. The second-order valence-corrected chi connectivity index (χ2v) is 9.27. The summed E-state index contributed by atoms with van der Waals surface area (Å²) in [7, 11) is 1.88. The second-order valence-electron chi connectivity index (χ2n) is 9.27. The van der Waals surface area contributed by atoms with Crippen molar-refractivity contribution in [2.45, 2.75) is 58.9 Å². The fourth-order valence-electron chi connectivity index (χ4n) is 5.27. The molecule has 3 heterocycles. The Bertz CT molecular complexity index is 1030. The number of piperidine rings is 2. The van der Waals surface area contributed by atoms with Crippen LogP contribution in [0.25, 0.3) is 11.0 Å². The summed E-state index contributed by atoms with van der Waals surface area (Å²) < 4.78 is 11.4. The Balaban J connectivity index is 1.41. The molecule has 2 saturated heterocycles. The Morgan fingerprint density at radius 1 is 1.10 bits per heavy atom. The normalized spacial score (nSPS) is 21.7. The van der Waals surface area contributed by atoms with Crippen LogP contribution in [-0.2, 0) is 4.79 Å². The molecule has 1 amide bonds. The van der Waals surface area contributed by atoms with Gasteiger partial charge in [0.05, 0.1) is 0 Å². The largest absolute Gasteiger partial charge is 0.483 e. The number of hydrogen-bond acceptors (Lipinski definition) is 5. The molecule has 6 nitrogen and oxygen atoms in total. The van der Waals surface area contributed by atoms with Gasteiger partial charge in [0.1, 0.15) is 11.3 Å². The molecule has 168 valence electrons. The van der Waals surface area contributed by atoms with Crippen molar-refractivity contribution in [2.75, 3.05) is 33.3 Å². The smallest absolute Gasteiger partial charge is 0.339 e. The summed E-state index contributed by atoms with van der Waals surface area (Å²) in [4.78, 5) is 29.3. The molecule has 6 heteroatoms. The van der Waals surface area contributed by atoms with Crippen LogP contribution in [0.2, 0.25) is 0 Å². The Hall–Kier alpha value is -2.34. The van der Waals surface area contributed by atoms with Crippen molar-refractivity contribution >= 4 is 16.9 Å².